The van der Waals surface area contributed by atoms with Gasteiger partial charge < -0.3 is 0 Å². The van der Waals surface area contributed by atoms with Crippen molar-refractivity contribution < 1.29 is 8.42 Å². The predicted octanol–water partition coefficient (Wildman–Crippen LogP) is 1.86. The monoisotopic (exact) mass is 357 g/mol. The normalized spacial score (nSPS) is 11.9. The summed E-state index contributed by atoms with van der Waals surface area (Å²) in [6, 6.07) is 16.4. The van der Waals surface area contributed by atoms with Crippen LogP contribution < -0.4 is 5.56 Å². The van der Waals surface area contributed by atoms with Crippen LogP contribution in [0.4, 0.5) is 0 Å². The number of aryl methyl sites for hydroxylation is 1. The fraction of sp³-hybridized carbons (Fsp3) is 0.222. The van der Waals surface area contributed by atoms with Crippen molar-refractivity contribution in [3.05, 3.63) is 76.8 Å². The number of hydrogen-bond donors (Lipinski definition) is 0. The Morgan fingerprint density at radius 2 is 1.72 bits per heavy atom. The largest absolute Gasteiger partial charge is 0.298 e. The first-order valence-corrected chi connectivity index (χ1v) is 9.50. The van der Waals surface area contributed by atoms with Crippen molar-refractivity contribution in [2.45, 2.75) is 13.1 Å². The molecule has 0 N–H and O–H groups in total. The third kappa shape index (κ3) is 3.94. The Kier molecular flexibility index (Phi) is 4.96. The van der Waals surface area contributed by atoms with Crippen LogP contribution in [0.1, 0.15) is 5.56 Å². The van der Waals surface area contributed by atoms with E-state index in [2.05, 4.69) is 4.98 Å². The van der Waals surface area contributed by atoms with E-state index in [1.54, 1.807) is 25.2 Å². The number of fused-ring (bicyclic) bond motifs is 1. The molecule has 1 heterocycles. The van der Waals surface area contributed by atoms with Gasteiger partial charge in [0.05, 0.1) is 23.0 Å². The molecule has 0 atom stereocenters. The van der Waals surface area contributed by atoms with Gasteiger partial charge in [0.1, 0.15) is 0 Å². The molecule has 2 aromatic carbocycles. The molecular formula is C18H19N3O3S. The van der Waals surface area contributed by atoms with Crippen molar-refractivity contribution in [1.29, 1.82) is 0 Å². The van der Waals surface area contributed by atoms with Gasteiger partial charge in [0.25, 0.3) is 5.56 Å². The lowest BCUT2D eigenvalue weighted by Crippen LogP contribution is -2.32. The quantitative estimate of drug-likeness (QED) is 0.675. The third-order valence-electron chi connectivity index (χ3n) is 4.04. The molecule has 0 saturated carbocycles. The lowest BCUT2D eigenvalue weighted by Gasteiger charge is -2.17. The highest BCUT2D eigenvalue weighted by molar-refractivity contribution is 7.89. The summed E-state index contributed by atoms with van der Waals surface area (Å²) >= 11 is 0. The van der Waals surface area contributed by atoms with Crippen molar-refractivity contribution in [1.82, 2.24) is 13.9 Å². The van der Waals surface area contributed by atoms with Gasteiger partial charge in [-0.25, -0.2) is 17.7 Å². The maximum atomic E-state index is 12.5. The van der Waals surface area contributed by atoms with Gasteiger partial charge in [-0.1, -0.05) is 42.5 Å². The lowest BCUT2D eigenvalue weighted by molar-refractivity contribution is 0.463. The lowest BCUT2D eigenvalue weighted by atomic mass is 10.2. The van der Waals surface area contributed by atoms with Crippen LogP contribution in [0.5, 0.6) is 0 Å². The van der Waals surface area contributed by atoms with Gasteiger partial charge in [0.15, 0.2) is 0 Å². The number of para-hydroxylation sites is 1. The topological polar surface area (TPSA) is 72.3 Å². The Bertz CT molecular complexity index is 1030. The zero-order valence-corrected chi connectivity index (χ0v) is 14.7. The van der Waals surface area contributed by atoms with Crippen molar-refractivity contribution in [3.63, 3.8) is 0 Å². The molecule has 0 radical (unpaired) electrons. The average molecular weight is 357 g/mol. The smallest absolute Gasteiger partial charge is 0.261 e. The van der Waals surface area contributed by atoms with Gasteiger partial charge in [0, 0.05) is 20.1 Å². The van der Waals surface area contributed by atoms with E-state index in [1.807, 2.05) is 36.4 Å². The summed E-state index contributed by atoms with van der Waals surface area (Å²) in [6.45, 7) is 0.367. The molecule has 0 aliphatic rings. The zero-order valence-electron chi connectivity index (χ0n) is 13.9. The second kappa shape index (κ2) is 7.16. The van der Waals surface area contributed by atoms with E-state index in [4.69, 9.17) is 0 Å². The minimum absolute atomic E-state index is 0.0676. The van der Waals surface area contributed by atoms with Crippen molar-refractivity contribution in [2.75, 3.05) is 12.8 Å². The summed E-state index contributed by atoms with van der Waals surface area (Å²) in [5, 5.41) is 0.486. The maximum absolute atomic E-state index is 12.5. The molecule has 0 bridgehead atoms. The van der Waals surface area contributed by atoms with Crippen LogP contribution in [0.3, 0.4) is 0 Å². The molecule has 1 aromatic heterocycles. The van der Waals surface area contributed by atoms with E-state index in [0.29, 0.717) is 17.4 Å². The first-order valence-electron chi connectivity index (χ1n) is 7.89. The molecule has 25 heavy (non-hydrogen) atoms. The van der Waals surface area contributed by atoms with Crippen molar-refractivity contribution in [2.24, 2.45) is 0 Å². The first kappa shape index (κ1) is 17.3. The Labute approximate surface area is 146 Å². The number of benzene rings is 2. The molecule has 6 nitrogen and oxygen atoms in total. The van der Waals surface area contributed by atoms with Gasteiger partial charge in [-0.3, -0.25) is 9.36 Å². The van der Waals surface area contributed by atoms with Gasteiger partial charge in [-0.15, -0.1) is 0 Å². The van der Waals surface area contributed by atoms with Crippen LogP contribution in [-0.4, -0.2) is 35.1 Å². The standard InChI is InChI=1S/C18H19N3O3S/c1-20(13-15-7-3-2-4-8-15)25(23,24)12-11-21-14-19-17-10-6-5-9-16(17)18(21)22/h2-10,14H,11-13H2,1H3. The zero-order chi connectivity index (χ0) is 17.9. The van der Waals surface area contributed by atoms with Crippen LogP contribution >= 0.6 is 0 Å². The second-order valence-corrected chi connectivity index (χ2v) is 8.01. The minimum atomic E-state index is -3.48. The molecule has 0 fully saturated rings. The molecule has 130 valence electrons. The molecule has 0 saturated heterocycles. The molecule has 3 aromatic rings. The number of aromatic nitrogens is 2. The number of hydrogen-bond acceptors (Lipinski definition) is 4. The SMILES string of the molecule is CN(Cc1ccccc1)S(=O)(=O)CCn1cnc2ccccc2c1=O. The number of nitrogens with zero attached hydrogens (tertiary/aromatic N) is 3. The summed E-state index contributed by atoms with van der Waals surface area (Å²) in [5.74, 6) is -0.156. The highest BCUT2D eigenvalue weighted by atomic mass is 32.2. The summed E-state index contributed by atoms with van der Waals surface area (Å²) < 4.78 is 27.6. The Morgan fingerprint density at radius 3 is 2.48 bits per heavy atom. The van der Waals surface area contributed by atoms with Crippen LogP contribution in [0.25, 0.3) is 10.9 Å². The Morgan fingerprint density at radius 1 is 1.04 bits per heavy atom. The van der Waals surface area contributed by atoms with Crippen molar-refractivity contribution >= 4 is 20.9 Å². The predicted molar refractivity (Wildman–Crippen MR) is 97.7 cm³/mol. The van der Waals surface area contributed by atoms with Crippen LogP contribution in [-0.2, 0) is 23.1 Å². The van der Waals surface area contributed by atoms with Crippen molar-refractivity contribution in [3.8, 4) is 0 Å². The highest BCUT2D eigenvalue weighted by Crippen LogP contribution is 2.09. The van der Waals surface area contributed by atoms with E-state index in [9.17, 15) is 13.2 Å². The molecule has 0 amide bonds. The van der Waals surface area contributed by atoms with Gasteiger partial charge >= 0.3 is 0 Å². The van der Waals surface area contributed by atoms with E-state index in [1.165, 1.54) is 15.2 Å². The number of sulfonamides is 1. The second-order valence-electron chi connectivity index (χ2n) is 5.82. The van der Waals surface area contributed by atoms with E-state index < -0.39 is 10.0 Å². The maximum Gasteiger partial charge on any atom is 0.261 e. The number of rotatable bonds is 6. The minimum Gasteiger partial charge on any atom is -0.298 e. The molecule has 0 aliphatic heterocycles. The molecule has 0 spiro atoms. The summed E-state index contributed by atoms with van der Waals surface area (Å²) in [6.07, 6.45) is 1.40. The summed E-state index contributed by atoms with van der Waals surface area (Å²) in [4.78, 5) is 16.6. The molecule has 0 unspecified atom stereocenters. The van der Waals surface area contributed by atoms with E-state index in [-0.39, 0.29) is 17.9 Å². The fourth-order valence-electron chi connectivity index (χ4n) is 2.57. The molecular weight excluding hydrogens is 338 g/mol. The summed E-state index contributed by atoms with van der Waals surface area (Å²) in [5.41, 5.74) is 1.29. The van der Waals surface area contributed by atoms with Gasteiger partial charge in [0.2, 0.25) is 10.0 Å². The van der Waals surface area contributed by atoms with Crippen LogP contribution in [0.15, 0.2) is 65.7 Å². The first-order chi connectivity index (χ1) is 12.0. The van der Waals surface area contributed by atoms with Gasteiger partial charge in [-0.05, 0) is 17.7 Å². The van der Waals surface area contributed by atoms with Crippen LogP contribution in [0, 0.1) is 0 Å². The molecule has 0 aliphatic carbocycles. The van der Waals surface area contributed by atoms with Crippen LogP contribution in [0.2, 0.25) is 0 Å². The molecule has 7 heteroatoms. The summed E-state index contributed by atoms with van der Waals surface area (Å²) in [7, 11) is -1.94. The van der Waals surface area contributed by atoms with E-state index >= 15 is 0 Å². The van der Waals surface area contributed by atoms with Gasteiger partial charge in [-0.2, -0.15) is 0 Å². The fourth-order valence-corrected chi connectivity index (χ4v) is 3.66. The average Bonchev–Trinajstić information content (AvgIpc) is 2.62. The van der Waals surface area contributed by atoms with E-state index in [0.717, 1.165) is 5.56 Å². The Hall–Kier alpha value is -2.51. The third-order valence-corrected chi connectivity index (χ3v) is 5.82. The molecule has 3 rings (SSSR count). The highest BCUT2D eigenvalue weighted by Gasteiger charge is 2.18. The Balaban J connectivity index is 1.74.